The molecule has 0 saturated carbocycles. The number of nitrogens with zero attached hydrogens (tertiary/aromatic N) is 2. The largest absolute Gasteiger partial charge is 0.374 e. The molecule has 0 unspecified atom stereocenters. The Bertz CT molecular complexity index is 687. The van der Waals surface area contributed by atoms with Crippen LogP contribution in [0, 0.1) is 20.2 Å². The molecule has 2 aliphatic heterocycles. The third kappa shape index (κ3) is 4.33. The Balaban J connectivity index is 1.96. The summed E-state index contributed by atoms with van der Waals surface area (Å²) in [4.78, 5) is 21.5. The van der Waals surface area contributed by atoms with Crippen molar-refractivity contribution in [1.82, 2.24) is 0 Å². The molecule has 1 aromatic rings. The smallest absolute Gasteiger partial charge is 0.283 e. The Morgan fingerprint density at radius 3 is 1.65 bits per heavy atom. The normalized spacial score (nSPS) is 23.2. The maximum atomic E-state index is 11.4. The number of benzene rings is 1. The van der Waals surface area contributed by atoms with Gasteiger partial charge in [0.05, 0.1) is 39.2 Å². The molecule has 3 rings (SSSR count). The Morgan fingerprint density at radius 2 is 1.31 bits per heavy atom. The Morgan fingerprint density at radius 1 is 0.846 bits per heavy atom. The van der Waals surface area contributed by atoms with E-state index in [2.05, 4.69) is 0 Å². The lowest BCUT2D eigenvalue weighted by atomic mass is 10.0. The lowest BCUT2D eigenvalue weighted by molar-refractivity contribution is -0.394. The molecule has 2 atom stereocenters. The predicted octanol–water partition coefficient (Wildman–Crippen LogP) is 3.89. The first-order valence-corrected chi connectivity index (χ1v) is 8.61. The van der Waals surface area contributed by atoms with Crippen LogP contribution in [0.25, 0.3) is 12.2 Å². The molecule has 2 fully saturated rings. The van der Waals surface area contributed by atoms with Crippen molar-refractivity contribution in [2.24, 2.45) is 0 Å². The molecule has 0 aromatic heterocycles. The second kappa shape index (κ2) is 8.20. The van der Waals surface area contributed by atoms with Gasteiger partial charge in [0.1, 0.15) is 0 Å². The topological polar surface area (TPSA) is 105 Å². The zero-order chi connectivity index (χ0) is 18.5. The highest BCUT2D eigenvalue weighted by molar-refractivity contribution is 5.73. The molecule has 26 heavy (non-hydrogen) atoms. The van der Waals surface area contributed by atoms with Crippen molar-refractivity contribution in [3.05, 3.63) is 55.6 Å². The van der Waals surface area contributed by atoms with E-state index in [0.29, 0.717) is 24.3 Å². The summed E-state index contributed by atoms with van der Waals surface area (Å²) in [6.45, 7) is 1.35. The van der Waals surface area contributed by atoms with E-state index in [-0.39, 0.29) is 23.6 Å². The fourth-order valence-corrected chi connectivity index (χ4v) is 3.13. The van der Waals surface area contributed by atoms with Gasteiger partial charge in [-0.15, -0.1) is 0 Å². The average Bonchev–Trinajstić information content (AvgIpc) is 3.31. The minimum Gasteiger partial charge on any atom is -0.374 e. The molecule has 0 radical (unpaired) electrons. The zero-order valence-corrected chi connectivity index (χ0v) is 14.2. The number of nitro benzene ring substituents is 2. The van der Waals surface area contributed by atoms with Crippen molar-refractivity contribution < 1.29 is 19.3 Å². The molecular formula is C18H20N2O6. The lowest BCUT2D eigenvalue weighted by Gasteiger charge is -2.06. The van der Waals surface area contributed by atoms with Crippen molar-refractivity contribution in [2.75, 3.05) is 13.2 Å². The average molecular weight is 360 g/mol. The van der Waals surface area contributed by atoms with Gasteiger partial charge in [-0.1, -0.05) is 12.2 Å². The number of rotatable bonds is 6. The zero-order valence-electron chi connectivity index (χ0n) is 14.2. The quantitative estimate of drug-likeness (QED) is 0.563. The van der Waals surface area contributed by atoms with Crippen molar-refractivity contribution in [1.29, 1.82) is 0 Å². The van der Waals surface area contributed by atoms with Gasteiger partial charge in [0, 0.05) is 13.2 Å². The van der Waals surface area contributed by atoms with E-state index in [1.165, 1.54) is 6.07 Å². The van der Waals surface area contributed by atoms with Crippen LogP contribution in [0.5, 0.6) is 0 Å². The molecule has 2 heterocycles. The van der Waals surface area contributed by atoms with Gasteiger partial charge in [-0.3, -0.25) is 20.2 Å². The SMILES string of the molecule is O=[N+]([O-])c1cc([N+](=O)[O-])c(/C=C/[C@H]2CCCO2)cc1/C=C/[C@H]1CCCO1. The van der Waals surface area contributed by atoms with Gasteiger partial charge in [0.15, 0.2) is 0 Å². The van der Waals surface area contributed by atoms with Crippen molar-refractivity contribution in [3.8, 4) is 0 Å². The molecule has 0 aliphatic carbocycles. The van der Waals surface area contributed by atoms with Gasteiger partial charge in [-0.2, -0.15) is 0 Å². The lowest BCUT2D eigenvalue weighted by Crippen LogP contribution is -2.01. The van der Waals surface area contributed by atoms with Crippen LogP contribution in [0.2, 0.25) is 0 Å². The Hall–Kier alpha value is -2.58. The fourth-order valence-electron chi connectivity index (χ4n) is 3.13. The molecule has 0 amide bonds. The van der Waals surface area contributed by atoms with Crippen molar-refractivity contribution in [2.45, 2.75) is 37.9 Å². The molecule has 0 bridgehead atoms. The van der Waals surface area contributed by atoms with Crippen LogP contribution in [-0.4, -0.2) is 35.3 Å². The van der Waals surface area contributed by atoms with E-state index in [4.69, 9.17) is 9.47 Å². The summed E-state index contributed by atoms with van der Waals surface area (Å²) in [5, 5.41) is 22.7. The first-order chi connectivity index (χ1) is 12.5. The van der Waals surface area contributed by atoms with Gasteiger partial charge < -0.3 is 9.47 Å². The molecule has 8 heteroatoms. The number of hydrogen-bond acceptors (Lipinski definition) is 6. The summed E-state index contributed by atoms with van der Waals surface area (Å²) in [6.07, 6.45) is 10.3. The molecule has 0 N–H and O–H groups in total. The van der Waals surface area contributed by atoms with Crippen LogP contribution in [-0.2, 0) is 9.47 Å². The summed E-state index contributed by atoms with van der Waals surface area (Å²) < 4.78 is 11.0. The van der Waals surface area contributed by atoms with E-state index < -0.39 is 9.85 Å². The van der Waals surface area contributed by atoms with E-state index in [9.17, 15) is 20.2 Å². The maximum Gasteiger partial charge on any atom is 0.283 e. The molecule has 0 spiro atoms. The number of nitro groups is 2. The predicted molar refractivity (Wildman–Crippen MR) is 95.8 cm³/mol. The second-order valence-electron chi connectivity index (χ2n) is 6.31. The van der Waals surface area contributed by atoms with Crippen molar-refractivity contribution in [3.63, 3.8) is 0 Å². The highest BCUT2D eigenvalue weighted by atomic mass is 16.6. The van der Waals surface area contributed by atoms with Crippen molar-refractivity contribution >= 4 is 23.5 Å². The summed E-state index contributed by atoms with van der Waals surface area (Å²) in [5.41, 5.74) is 0.0617. The van der Waals surface area contributed by atoms with E-state index in [1.54, 1.807) is 24.3 Å². The summed E-state index contributed by atoms with van der Waals surface area (Å²) in [5.74, 6) is 0. The molecule has 2 aliphatic rings. The monoisotopic (exact) mass is 360 g/mol. The summed E-state index contributed by atoms with van der Waals surface area (Å²) in [6, 6.07) is 2.50. The minimum absolute atomic E-state index is 0.0734. The first kappa shape index (κ1) is 18.2. The third-order valence-corrected chi connectivity index (χ3v) is 4.48. The van der Waals surface area contributed by atoms with Crippen LogP contribution in [0.1, 0.15) is 36.8 Å². The molecule has 8 nitrogen and oxygen atoms in total. The van der Waals surface area contributed by atoms with Crippen LogP contribution in [0.3, 0.4) is 0 Å². The van der Waals surface area contributed by atoms with Crippen LogP contribution >= 0.6 is 0 Å². The van der Waals surface area contributed by atoms with E-state index in [0.717, 1.165) is 31.7 Å². The number of hydrogen-bond donors (Lipinski definition) is 0. The van der Waals surface area contributed by atoms with Crippen LogP contribution in [0.4, 0.5) is 11.4 Å². The Labute approximate surface area is 150 Å². The maximum absolute atomic E-state index is 11.4. The van der Waals surface area contributed by atoms with Gasteiger partial charge >= 0.3 is 0 Å². The molecule has 2 saturated heterocycles. The van der Waals surface area contributed by atoms with Gasteiger partial charge in [0.2, 0.25) is 0 Å². The summed E-state index contributed by atoms with van der Waals surface area (Å²) in [7, 11) is 0. The van der Waals surface area contributed by atoms with Gasteiger partial charge in [-0.25, -0.2) is 0 Å². The highest BCUT2D eigenvalue weighted by Gasteiger charge is 2.23. The molecular weight excluding hydrogens is 340 g/mol. The van der Waals surface area contributed by atoms with Gasteiger partial charge in [0.25, 0.3) is 11.4 Å². The van der Waals surface area contributed by atoms with Crippen LogP contribution < -0.4 is 0 Å². The second-order valence-corrected chi connectivity index (χ2v) is 6.31. The third-order valence-electron chi connectivity index (χ3n) is 4.48. The highest BCUT2D eigenvalue weighted by Crippen LogP contribution is 2.32. The molecule has 1 aromatic carbocycles. The Kier molecular flexibility index (Phi) is 5.75. The standard InChI is InChI=1S/C18H20N2O6/c21-19(22)17-12-18(20(23)24)14(6-8-16-4-2-10-26-16)11-13(17)5-7-15-3-1-9-25-15/h5-8,11-12,15-16H,1-4,9-10H2/b7-5+,8-6+/t15-,16-/m1/s1. The van der Waals surface area contributed by atoms with E-state index >= 15 is 0 Å². The minimum atomic E-state index is -0.601. The van der Waals surface area contributed by atoms with E-state index in [1.807, 2.05) is 0 Å². The molecule has 138 valence electrons. The van der Waals surface area contributed by atoms with Gasteiger partial charge in [-0.05, 0) is 43.9 Å². The number of ether oxygens (including phenoxy) is 2. The first-order valence-electron chi connectivity index (χ1n) is 8.61. The summed E-state index contributed by atoms with van der Waals surface area (Å²) >= 11 is 0. The van der Waals surface area contributed by atoms with Crippen LogP contribution in [0.15, 0.2) is 24.3 Å². The fraction of sp³-hybridized carbons (Fsp3) is 0.444.